The number of hydrogen-bond donors (Lipinski definition) is 1. The lowest BCUT2D eigenvalue weighted by Crippen LogP contribution is -2.47. The van der Waals surface area contributed by atoms with E-state index in [-0.39, 0.29) is 11.8 Å². The number of benzene rings is 1. The van der Waals surface area contributed by atoms with Gasteiger partial charge in [-0.3, -0.25) is 9.59 Å². The van der Waals surface area contributed by atoms with Crippen molar-refractivity contribution in [1.29, 1.82) is 0 Å². The Morgan fingerprint density at radius 2 is 2.26 bits per heavy atom. The first-order valence-electron chi connectivity index (χ1n) is 8.06. The van der Waals surface area contributed by atoms with Gasteiger partial charge in [0.2, 0.25) is 5.91 Å². The lowest BCUT2D eigenvalue weighted by atomic mass is 9.79. The maximum Gasteiger partial charge on any atom is 0.253 e. The van der Waals surface area contributed by atoms with Crippen LogP contribution in [-0.4, -0.2) is 43.0 Å². The fourth-order valence-corrected chi connectivity index (χ4v) is 3.69. The Kier molecular flexibility index (Phi) is 4.48. The van der Waals surface area contributed by atoms with E-state index in [2.05, 4.69) is 5.32 Å². The molecular weight excluding hydrogens is 316 g/mol. The van der Waals surface area contributed by atoms with Gasteiger partial charge in [-0.15, -0.1) is 0 Å². The zero-order valence-corrected chi connectivity index (χ0v) is 14.0. The fraction of sp³-hybridized carbons (Fsp3) is 0.529. The Morgan fingerprint density at radius 1 is 1.43 bits per heavy atom. The first kappa shape index (κ1) is 16.1. The number of halogens is 1. The second kappa shape index (κ2) is 6.40. The topological polar surface area (TPSA) is 58.6 Å². The molecule has 1 aromatic rings. The lowest BCUT2D eigenvalue weighted by molar-refractivity contribution is -0.132. The first-order chi connectivity index (χ1) is 11.1. The molecule has 5 nitrogen and oxygen atoms in total. The molecule has 6 heteroatoms. The predicted molar refractivity (Wildman–Crippen MR) is 87.8 cm³/mol. The normalized spacial score (nSPS) is 23.9. The molecule has 0 bridgehead atoms. The van der Waals surface area contributed by atoms with Gasteiger partial charge in [-0.1, -0.05) is 11.6 Å². The predicted octanol–water partition coefficient (Wildman–Crippen LogP) is 2.48. The van der Waals surface area contributed by atoms with Crippen molar-refractivity contribution in [1.82, 2.24) is 10.2 Å². The smallest absolute Gasteiger partial charge is 0.253 e. The third kappa shape index (κ3) is 3.02. The average Bonchev–Trinajstić information content (AvgIpc) is 2.97. The quantitative estimate of drug-likeness (QED) is 0.922. The Balaban J connectivity index is 1.74. The summed E-state index contributed by atoms with van der Waals surface area (Å²) in [6, 6.07) is 5.09. The van der Waals surface area contributed by atoms with Gasteiger partial charge in [0.25, 0.3) is 5.91 Å². The number of piperidine rings is 1. The maximum atomic E-state index is 12.7. The van der Waals surface area contributed by atoms with Crippen molar-refractivity contribution in [3.05, 3.63) is 28.8 Å². The van der Waals surface area contributed by atoms with Crippen LogP contribution in [0.5, 0.6) is 5.75 Å². The number of carbonyl (C=O) groups is 2. The monoisotopic (exact) mass is 336 g/mol. The third-order valence-corrected chi connectivity index (χ3v) is 5.01. The SMILES string of the molecule is CCOc1ccc(C(=O)N2CC[C@]3(CCCNC3=O)C2)cc1Cl. The molecule has 1 spiro atoms. The van der Waals surface area contributed by atoms with Gasteiger partial charge in [0.15, 0.2) is 0 Å². The van der Waals surface area contributed by atoms with Crippen molar-refractivity contribution in [3.63, 3.8) is 0 Å². The van der Waals surface area contributed by atoms with E-state index in [1.807, 2.05) is 6.92 Å². The number of hydrogen-bond acceptors (Lipinski definition) is 3. The zero-order valence-electron chi connectivity index (χ0n) is 13.2. The minimum atomic E-state index is -0.400. The van der Waals surface area contributed by atoms with Crippen LogP contribution in [0.3, 0.4) is 0 Å². The Morgan fingerprint density at radius 3 is 2.96 bits per heavy atom. The Bertz CT molecular complexity index is 634. The van der Waals surface area contributed by atoms with Gasteiger partial charge in [0.1, 0.15) is 5.75 Å². The van der Waals surface area contributed by atoms with Crippen molar-refractivity contribution in [2.24, 2.45) is 5.41 Å². The molecule has 0 aliphatic carbocycles. The van der Waals surface area contributed by atoms with Crippen LogP contribution in [0.25, 0.3) is 0 Å². The minimum Gasteiger partial charge on any atom is -0.492 e. The summed E-state index contributed by atoms with van der Waals surface area (Å²) in [6.07, 6.45) is 2.56. The molecule has 2 amide bonds. The van der Waals surface area contributed by atoms with E-state index in [4.69, 9.17) is 16.3 Å². The molecule has 1 N–H and O–H groups in total. The van der Waals surface area contributed by atoms with Crippen LogP contribution in [0.2, 0.25) is 5.02 Å². The molecule has 23 heavy (non-hydrogen) atoms. The van der Waals surface area contributed by atoms with Crippen LogP contribution < -0.4 is 10.1 Å². The molecule has 1 aromatic carbocycles. The number of ether oxygens (including phenoxy) is 1. The van der Waals surface area contributed by atoms with Crippen LogP contribution >= 0.6 is 11.6 Å². The summed E-state index contributed by atoms with van der Waals surface area (Å²) in [5, 5.41) is 3.36. The summed E-state index contributed by atoms with van der Waals surface area (Å²) in [4.78, 5) is 26.7. The summed E-state index contributed by atoms with van der Waals surface area (Å²) < 4.78 is 5.39. The van der Waals surface area contributed by atoms with Gasteiger partial charge >= 0.3 is 0 Å². The molecule has 124 valence electrons. The van der Waals surface area contributed by atoms with Crippen molar-refractivity contribution < 1.29 is 14.3 Å². The number of carbonyl (C=O) groups excluding carboxylic acids is 2. The van der Waals surface area contributed by atoms with E-state index >= 15 is 0 Å². The average molecular weight is 337 g/mol. The molecule has 0 unspecified atom stereocenters. The Labute approximate surface area is 140 Å². The van der Waals surface area contributed by atoms with Crippen LogP contribution in [0.4, 0.5) is 0 Å². The van der Waals surface area contributed by atoms with Gasteiger partial charge in [-0.2, -0.15) is 0 Å². The zero-order chi connectivity index (χ0) is 16.4. The van der Waals surface area contributed by atoms with Crippen molar-refractivity contribution in [2.45, 2.75) is 26.2 Å². The highest BCUT2D eigenvalue weighted by Gasteiger charge is 2.46. The van der Waals surface area contributed by atoms with Gasteiger partial charge in [-0.05, 0) is 44.4 Å². The molecule has 2 fully saturated rings. The summed E-state index contributed by atoms with van der Waals surface area (Å²) in [6.45, 7) is 4.24. The van der Waals surface area contributed by atoms with E-state index in [0.717, 1.165) is 25.8 Å². The summed E-state index contributed by atoms with van der Waals surface area (Å²) in [7, 11) is 0. The van der Waals surface area contributed by atoms with Gasteiger partial charge in [0.05, 0.1) is 17.0 Å². The lowest BCUT2D eigenvalue weighted by Gasteiger charge is -2.32. The standard InChI is InChI=1S/C17H21ClN2O3/c1-2-23-14-5-4-12(10-13(14)18)15(21)20-9-7-17(11-20)6-3-8-19-16(17)22/h4-5,10H,2-3,6-9,11H2,1H3,(H,19,22)/t17-/m1/s1. The van der Waals surface area contributed by atoms with Gasteiger partial charge in [0, 0.05) is 25.2 Å². The van der Waals surface area contributed by atoms with E-state index in [9.17, 15) is 9.59 Å². The maximum absolute atomic E-state index is 12.7. The number of amides is 2. The fourth-order valence-electron chi connectivity index (χ4n) is 3.45. The number of rotatable bonds is 3. The van der Waals surface area contributed by atoms with E-state index < -0.39 is 5.41 Å². The van der Waals surface area contributed by atoms with Crippen molar-refractivity contribution >= 4 is 23.4 Å². The first-order valence-corrected chi connectivity index (χ1v) is 8.43. The van der Waals surface area contributed by atoms with Crippen molar-refractivity contribution in [3.8, 4) is 5.75 Å². The molecule has 0 saturated carbocycles. The number of nitrogens with one attached hydrogen (secondary N) is 1. The van der Waals surface area contributed by atoms with Gasteiger partial charge in [-0.25, -0.2) is 0 Å². The number of likely N-dealkylation sites (tertiary alicyclic amines) is 1. The van der Waals surface area contributed by atoms with E-state index in [0.29, 0.717) is 36.0 Å². The third-order valence-electron chi connectivity index (χ3n) is 4.72. The summed E-state index contributed by atoms with van der Waals surface area (Å²) >= 11 is 6.16. The highest BCUT2D eigenvalue weighted by Crippen LogP contribution is 2.38. The summed E-state index contributed by atoms with van der Waals surface area (Å²) in [5.41, 5.74) is 0.134. The van der Waals surface area contributed by atoms with Crippen molar-refractivity contribution in [2.75, 3.05) is 26.2 Å². The van der Waals surface area contributed by atoms with E-state index in [1.165, 1.54) is 0 Å². The summed E-state index contributed by atoms with van der Waals surface area (Å²) in [5.74, 6) is 0.587. The molecular formula is C17H21ClN2O3. The molecule has 2 heterocycles. The Hall–Kier alpha value is -1.75. The van der Waals surface area contributed by atoms with Crippen LogP contribution in [0.15, 0.2) is 18.2 Å². The highest BCUT2D eigenvalue weighted by molar-refractivity contribution is 6.32. The highest BCUT2D eigenvalue weighted by atomic mass is 35.5. The molecule has 0 aromatic heterocycles. The van der Waals surface area contributed by atoms with Crippen LogP contribution in [0, 0.1) is 5.41 Å². The molecule has 0 radical (unpaired) electrons. The molecule has 1 atom stereocenters. The molecule has 2 aliphatic rings. The number of nitrogens with zero attached hydrogens (tertiary/aromatic N) is 1. The molecule has 2 aliphatic heterocycles. The molecule has 3 rings (SSSR count). The van der Waals surface area contributed by atoms with Gasteiger partial charge < -0.3 is 15.0 Å². The van der Waals surface area contributed by atoms with Crippen LogP contribution in [0.1, 0.15) is 36.5 Å². The second-order valence-electron chi connectivity index (χ2n) is 6.19. The molecule has 2 saturated heterocycles. The van der Waals surface area contributed by atoms with E-state index in [1.54, 1.807) is 23.1 Å². The van der Waals surface area contributed by atoms with Crippen LogP contribution in [-0.2, 0) is 4.79 Å². The second-order valence-corrected chi connectivity index (χ2v) is 6.60. The largest absolute Gasteiger partial charge is 0.492 e. The minimum absolute atomic E-state index is 0.0785.